The third kappa shape index (κ3) is 2.99. The zero-order valence-electron chi connectivity index (χ0n) is 9.51. The summed E-state index contributed by atoms with van der Waals surface area (Å²) in [6, 6.07) is 17.4. The maximum absolute atomic E-state index is 10.5. The van der Waals surface area contributed by atoms with E-state index in [0.29, 0.717) is 5.56 Å². The fraction of sp³-hybridized carbons (Fsp3) is 0. The number of carbonyl (C=O) groups is 1. The lowest BCUT2D eigenvalue weighted by molar-refractivity contribution is -0.131. The molecule has 0 bridgehead atoms. The number of rotatable bonds is 3. The Labute approximate surface area is 110 Å². The highest BCUT2D eigenvalue weighted by molar-refractivity contribution is 6.50. The van der Waals surface area contributed by atoms with Crippen molar-refractivity contribution in [3.05, 3.63) is 66.2 Å². The molecule has 0 radical (unpaired) electrons. The van der Waals surface area contributed by atoms with Gasteiger partial charge in [-0.15, -0.1) is 0 Å². The van der Waals surface area contributed by atoms with Crippen LogP contribution < -0.4 is 0 Å². The van der Waals surface area contributed by atoms with Crippen LogP contribution in [-0.2, 0) is 4.79 Å². The van der Waals surface area contributed by atoms with E-state index in [1.165, 1.54) is 0 Å². The van der Waals surface area contributed by atoms with E-state index in [9.17, 15) is 4.79 Å². The summed E-state index contributed by atoms with van der Waals surface area (Å²) in [5, 5.41) is 8.84. The lowest BCUT2D eigenvalue weighted by Gasteiger charge is -2.03. The molecule has 0 atom stereocenters. The van der Waals surface area contributed by atoms with Crippen molar-refractivity contribution in [3.8, 4) is 11.1 Å². The summed E-state index contributed by atoms with van der Waals surface area (Å²) in [6.45, 7) is 0. The van der Waals surface area contributed by atoms with Gasteiger partial charge in [-0.05, 0) is 16.7 Å². The van der Waals surface area contributed by atoms with E-state index in [1.54, 1.807) is 0 Å². The quantitative estimate of drug-likeness (QED) is 0.845. The molecule has 0 unspecified atom stereocenters. The van der Waals surface area contributed by atoms with Gasteiger partial charge in [-0.3, -0.25) is 0 Å². The van der Waals surface area contributed by atoms with Crippen molar-refractivity contribution >= 4 is 22.6 Å². The van der Waals surface area contributed by atoms with Crippen LogP contribution in [0.25, 0.3) is 16.2 Å². The topological polar surface area (TPSA) is 37.3 Å². The summed E-state index contributed by atoms with van der Waals surface area (Å²) < 4.78 is 0. The monoisotopic (exact) mass is 258 g/mol. The number of benzene rings is 2. The lowest BCUT2D eigenvalue weighted by atomic mass is 10.0. The first kappa shape index (κ1) is 12.4. The molecular formula is C15H11ClO2. The van der Waals surface area contributed by atoms with Gasteiger partial charge in [0.2, 0.25) is 0 Å². The first-order valence-corrected chi connectivity index (χ1v) is 5.80. The number of carboxylic acids is 1. The van der Waals surface area contributed by atoms with Crippen LogP contribution in [0.15, 0.2) is 60.7 Å². The molecule has 0 aliphatic carbocycles. The molecule has 0 aliphatic rings. The Morgan fingerprint density at radius 2 is 1.50 bits per heavy atom. The number of halogens is 1. The highest BCUT2D eigenvalue weighted by Gasteiger charge is 2.02. The van der Waals surface area contributed by atoms with Crippen molar-refractivity contribution in [2.24, 2.45) is 0 Å². The Morgan fingerprint density at radius 3 is 2.06 bits per heavy atom. The largest absolute Gasteiger partial charge is 0.478 e. The molecule has 0 aliphatic heterocycles. The SMILES string of the molecule is O=C(O)/C=C(/Cl)c1ccc(-c2ccccc2)cc1. The molecule has 2 aromatic carbocycles. The second-order valence-electron chi connectivity index (χ2n) is 3.77. The normalized spacial score (nSPS) is 11.3. The summed E-state index contributed by atoms with van der Waals surface area (Å²) >= 11 is 5.88. The average molecular weight is 259 g/mol. The van der Waals surface area contributed by atoms with Crippen LogP contribution in [0.1, 0.15) is 5.56 Å². The van der Waals surface area contributed by atoms with Crippen LogP contribution in [0.5, 0.6) is 0 Å². The number of hydrogen-bond acceptors (Lipinski definition) is 1. The van der Waals surface area contributed by atoms with Gasteiger partial charge in [0, 0.05) is 6.08 Å². The van der Waals surface area contributed by atoms with E-state index in [0.717, 1.165) is 17.2 Å². The van der Waals surface area contributed by atoms with E-state index >= 15 is 0 Å². The molecule has 0 saturated heterocycles. The Bertz CT molecular complexity index is 571. The van der Waals surface area contributed by atoms with Gasteiger partial charge in [-0.1, -0.05) is 66.2 Å². The maximum atomic E-state index is 10.5. The van der Waals surface area contributed by atoms with Gasteiger partial charge >= 0.3 is 5.97 Å². The van der Waals surface area contributed by atoms with Gasteiger partial charge < -0.3 is 5.11 Å². The van der Waals surface area contributed by atoms with Crippen LogP contribution >= 0.6 is 11.6 Å². The zero-order chi connectivity index (χ0) is 13.0. The minimum atomic E-state index is -1.05. The summed E-state index contributed by atoms with van der Waals surface area (Å²) in [5.74, 6) is -1.05. The zero-order valence-corrected chi connectivity index (χ0v) is 10.3. The smallest absolute Gasteiger partial charge is 0.329 e. The van der Waals surface area contributed by atoms with Crippen LogP contribution in [0.4, 0.5) is 0 Å². The summed E-state index contributed by atoms with van der Waals surface area (Å²) in [6.07, 6.45) is 0.985. The predicted molar refractivity (Wildman–Crippen MR) is 73.3 cm³/mol. The molecule has 2 nitrogen and oxygen atoms in total. The third-order valence-corrected chi connectivity index (χ3v) is 2.85. The van der Waals surface area contributed by atoms with E-state index in [4.69, 9.17) is 16.7 Å². The average Bonchev–Trinajstić information content (AvgIpc) is 2.39. The molecule has 2 rings (SSSR count). The molecule has 0 spiro atoms. The van der Waals surface area contributed by atoms with Crippen molar-refractivity contribution in [2.45, 2.75) is 0 Å². The van der Waals surface area contributed by atoms with Crippen LogP contribution in [0.3, 0.4) is 0 Å². The van der Waals surface area contributed by atoms with Crippen molar-refractivity contribution in [3.63, 3.8) is 0 Å². The minimum absolute atomic E-state index is 0.224. The van der Waals surface area contributed by atoms with Gasteiger partial charge in [0.1, 0.15) is 0 Å². The molecule has 0 heterocycles. The van der Waals surface area contributed by atoms with E-state index < -0.39 is 5.97 Å². The van der Waals surface area contributed by atoms with E-state index in [1.807, 2.05) is 54.6 Å². The summed E-state index contributed by atoms with van der Waals surface area (Å²) in [4.78, 5) is 10.5. The van der Waals surface area contributed by atoms with Gasteiger partial charge in [0.05, 0.1) is 5.03 Å². The van der Waals surface area contributed by atoms with Gasteiger partial charge in [-0.25, -0.2) is 4.79 Å². The van der Waals surface area contributed by atoms with Crippen molar-refractivity contribution in [1.82, 2.24) is 0 Å². The summed E-state index contributed by atoms with van der Waals surface area (Å²) in [5.41, 5.74) is 2.88. The number of aliphatic carboxylic acids is 1. The first-order valence-electron chi connectivity index (χ1n) is 5.43. The van der Waals surface area contributed by atoms with Gasteiger partial charge in [-0.2, -0.15) is 0 Å². The van der Waals surface area contributed by atoms with Gasteiger partial charge in [0.25, 0.3) is 0 Å². The van der Waals surface area contributed by atoms with Crippen LogP contribution in [0, 0.1) is 0 Å². The van der Waals surface area contributed by atoms with Crippen molar-refractivity contribution in [1.29, 1.82) is 0 Å². The van der Waals surface area contributed by atoms with Crippen molar-refractivity contribution in [2.75, 3.05) is 0 Å². The number of hydrogen-bond donors (Lipinski definition) is 1. The molecule has 0 amide bonds. The van der Waals surface area contributed by atoms with Gasteiger partial charge in [0.15, 0.2) is 0 Å². The van der Waals surface area contributed by atoms with Crippen molar-refractivity contribution < 1.29 is 9.90 Å². The molecule has 0 aromatic heterocycles. The second kappa shape index (κ2) is 5.52. The van der Waals surface area contributed by atoms with Crippen LogP contribution in [0.2, 0.25) is 0 Å². The molecule has 1 N–H and O–H groups in total. The molecule has 0 fully saturated rings. The Balaban J connectivity index is 2.29. The Morgan fingerprint density at radius 1 is 0.944 bits per heavy atom. The molecular weight excluding hydrogens is 248 g/mol. The molecule has 18 heavy (non-hydrogen) atoms. The first-order chi connectivity index (χ1) is 8.66. The fourth-order valence-electron chi connectivity index (χ4n) is 1.64. The third-order valence-electron chi connectivity index (χ3n) is 2.52. The van der Waals surface area contributed by atoms with E-state index in [-0.39, 0.29) is 5.03 Å². The minimum Gasteiger partial charge on any atom is -0.478 e. The molecule has 3 heteroatoms. The second-order valence-corrected chi connectivity index (χ2v) is 4.18. The highest BCUT2D eigenvalue weighted by Crippen LogP contribution is 2.24. The maximum Gasteiger partial charge on any atom is 0.329 e. The molecule has 90 valence electrons. The molecule has 0 saturated carbocycles. The fourth-order valence-corrected chi connectivity index (χ4v) is 1.86. The van der Waals surface area contributed by atoms with Crippen LogP contribution in [-0.4, -0.2) is 11.1 Å². The Hall–Kier alpha value is -2.06. The standard InChI is InChI=1S/C15H11ClO2/c16-14(10-15(17)18)13-8-6-12(7-9-13)11-4-2-1-3-5-11/h1-10H,(H,17,18)/b14-10+. The summed E-state index contributed by atoms with van der Waals surface area (Å²) in [7, 11) is 0. The predicted octanol–water partition coefficient (Wildman–Crippen LogP) is 4.02. The Kier molecular flexibility index (Phi) is 3.80. The van der Waals surface area contributed by atoms with E-state index in [2.05, 4.69) is 0 Å². The highest BCUT2D eigenvalue weighted by atomic mass is 35.5. The number of carboxylic acid groups (broad SMARTS) is 1. The lowest BCUT2D eigenvalue weighted by Crippen LogP contribution is -1.88. The molecule has 2 aromatic rings.